The zero-order valence-corrected chi connectivity index (χ0v) is 22.7. The van der Waals surface area contributed by atoms with E-state index in [9.17, 15) is 39.6 Å². The van der Waals surface area contributed by atoms with Gasteiger partial charge in [0.15, 0.2) is 11.4 Å². The fourth-order valence-corrected chi connectivity index (χ4v) is 7.04. The highest BCUT2D eigenvalue weighted by Crippen LogP contribution is 2.52. The van der Waals surface area contributed by atoms with Gasteiger partial charge < -0.3 is 36.4 Å². The summed E-state index contributed by atoms with van der Waals surface area (Å²) in [5.74, 6) is -6.57. The van der Waals surface area contributed by atoms with Gasteiger partial charge in [-0.15, -0.1) is 0 Å². The second-order valence-electron chi connectivity index (χ2n) is 11.5. The van der Waals surface area contributed by atoms with Gasteiger partial charge in [-0.05, 0) is 42.4 Å². The predicted molar refractivity (Wildman–Crippen MR) is 143 cm³/mol. The highest BCUT2D eigenvalue weighted by Gasteiger charge is 2.59. The first-order valence-electron chi connectivity index (χ1n) is 13.3. The molecule has 40 heavy (non-hydrogen) atoms. The Morgan fingerprint density at radius 2 is 1.90 bits per heavy atom. The van der Waals surface area contributed by atoms with Gasteiger partial charge in [-0.25, -0.2) is 0 Å². The lowest BCUT2D eigenvalue weighted by atomic mass is 9.60. The molecule has 5 rings (SSSR count). The summed E-state index contributed by atoms with van der Waals surface area (Å²) in [6, 6.07) is 1.55. The fraction of sp³-hybridized carbons (Fsp3) is 0.500. The first-order chi connectivity index (χ1) is 18.7. The lowest BCUT2D eigenvalue weighted by Crippen LogP contribution is -2.57. The Hall–Kier alpha value is -3.90. The van der Waals surface area contributed by atoms with Crippen LogP contribution in [-0.4, -0.2) is 87.5 Å². The minimum atomic E-state index is -2.59. The Balaban J connectivity index is 1.56. The van der Waals surface area contributed by atoms with Crippen molar-refractivity contribution < 1.29 is 39.6 Å². The van der Waals surface area contributed by atoms with Crippen LogP contribution >= 0.6 is 0 Å². The first kappa shape index (κ1) is 27.7. The van der Waals surface area contributed by atoms with Gasteiger partial charge in [-0.2, -0.15) is 0 Å². The summed E-state index contributed by atoms with van der Waals surface area (Å²) in [5, 5.41) is 47.0. The third-order valence-electron chi connectivity index (χ3n) is 8.63. The summed E-state index contributed by atoms with van der Waals surface area (Å²) in [6.07, 6.45) is 0.832. The van der Waals surface area contributed by atoms with Crippen molar-refractivity contribution in [2.75, 3.05) is 32.1 Å². The number of nitrogens with one attached hydrogen (secondary N) is 1. The van der Waals surface area contributed by atoms with Crippen LogP contribution in [0.5, 0.6) is 5.75 Å². The average Bonchev–Trinajstić information content (AvgIpc) is 3.26. The number of phenolic OH excluding ortho intramolecular Hbond substituents is 1. The van der Waals surface area contributed by atoms with Crippen LogP contribution in [0.1, 0.15) is 47.7 Å². The quantitative estimate of drug-likeness (QED) is 0.277. The van der Waals surface area contributed by atoms with E-state index in [2.05, 4.69) is 10.2 Å². The number of amides is 2. The summed E-state index contributed by atoms with van der Waals surface area (Å²) in [7, 11) is 3.67. The van der Waals surface area contributed by atoms with Crippen LogP contribution in [-0.2, 0) is 27.3 Å². The van der Waals surface area contributed by atoms with E-state index in [1.807, 2.05) is 19.0 Å². The number of carbonyl (C=O) groups is 4. The number of phenols is 1. The highest BCUT2D eigenvalue weighted by atomic mass is 16.3. The lowest BCUT2D eigenvalue weighted by molar-refractivity contribution is -0.144. The van der Waals surface area contributed by atoms with Crippen molar-refractivity contribution in [2.24, 2.45) is 17.6 Å². The fourth-order valence-electron chi connectivity index (χ4n) is 7.04. The Morgan fingerprint density at radius 1 is 1.20 bits per heavy atom. The highest BCUT2D eigenvalue weighted by molar-refractivity contribution is 6.24. The predicted octanol–water partition coefficient (Wildman–Crippen LogP) is 0.357. The Bertz CT molecular complexity index is 1410. The smallest absolute Gasteiger partial charge is 0.255 e. The molecule has 0 saturated carbocycles. The molecule has 4 aliphatic rings. The summed E-state index contributed by atoms with van der Waals surface area (Å²) < 4.78 is 0. The minimum absolute atomic E-state index is 0.0124. The normalized spacial score (nSPS) is 28.2. The molecule has 1 aromatic rings. The van der Waals surface area contributed by atoms with Gasteiger partial charge in [0, 0.05) is 70.3 Å². The van der Waals surface area contributed by atoms with Gasteiger partial charge in [0.05, 0.1) is 5.56 Å². The number of hydrogen-bond donors (Lipinski definition) is 6. The molecule has 12 nitrogen and oxygen atoms in total. The summed E-state index contributed by atoms with van der Waals surface area (Å²) in [5.41, 5.74) is 3.81. The largest absolute Gasteiger partial charge is 0.511 e. The molecular weight excluding hydrogens is 520 g/mol. The number of aliphatic hydroxyl groups excluding tert-OH is 2. The van der Waals surface area contributed by atoms with Crippen LogP contribution in [0.3, 0.4) is 0 Å². The molecule has 0 bridgehead atoms. The third-order valence-corrected chi connectivity index (χ3v) is 8.63. The van der Waals surface area contributed by atoms with E-state index in [4.69, 9.17) is 5.73 Å². The zero-order chi connectivity index (χ0) is 29.3. The molecule has 1 heterocycles. The van der Waals surface area contributed by atoms with Gasteiger partial charge in [-0.1, -0.05) is 0 Å². The molecule has 3 aliphatic carbocycles. The van der Waals surface area contributed by atoms with E-state index in [0.717, 1.165) is 24.2 Å². The van der Waals surface area contributed by atoms with Crippen LogP contribution in [0.15, 0.2) is 28.7 Å². The number of fused-ring (bicyclic) bond motifs is 3. The molecule has 0 radical (unpaired) electrons. The van der Waals surface area contributed by atoms with Crippen molar-refractivity contribution >= 4 is 29.1 Å². The molecule has 2 amide bonds. The second kappa shape index (κ2) is 9.63. The van der Waals surface area contributed by atoms with Crippen molar-refractivity contribution in [2.45, 2.75) is 50.8 Å². The Morgan fingerprint density at radius 3 is 2.52 bits per heavy atom. The monoisotopic (exact) mass is 554 g/mol. The number of ketones is 2. The molecule has 1 saturated heterocycles. The Kier molecular flexibility index (Phi) is 6.66. The van der Waals surface area contributed by atoms with E-state index in [1.54, 1.807) is 0 Å². The zero-order valence-electron chi connectivity index (χ0n) is 22.7. The maximum absolute atomic E-state index is 13.8. The number of nitrogens with zero attached hydrogens (tertiary/aromatic N) is 2. The van der Waals surface area contributed by atoms with Crippen LogP contribution in [0.4, 0.5) is 5.69 Å². The van der Waals surface area contributed by atoms with Gasteiger partial charge in [-0.3, -0.25) is 24.1 Å². The molecule has 1 unspecified atom stereocenters. The van der Waals surface area contributed by atoms with Gasteiger partial charge in [0.25, 0.3) is 5.91 Å². The lowest BCUT2D eigenvalue weighted by Gasteiger charge is -2.46. The number of hydrogen-bond acceptors (Lipinski definition) is 10. The number of Topliss-reactive ketones (excluding diaryl/α,β-unsaturated/α-hetero) is 2. The van der Waals surface area contributed by atoms with Crippen molar-refractivity contribution in [3.8, 4) is 5.75 Å². The molecule has 214 valence electrons. The molecular formula is C28H34N4O8. The number of likely N-dealkylation sites (tertiary alicyclic amines) is 1. The van der Waals surface area contributed by atoms with Gasteiger partial charge in [0.1, 0.15) is 22.8 Å². The van der Waals surface area contributed by atoms with Crippen LogP contribution in [0, 0.1) is 11.8 Å². The number of allylic oxidation sites excluding steroid dienone is 2. The minimum Gasteiger partial charge on any atom is -0.511 e. The number of carbonyl (C=O) groups excluding carboxylic acids is 4. The number of anilines is 1. The van der Waals surface area contributed by atoms with Crippen LogP contribution in [0.2, 0.25) is 0 Å². The van der Waals surface area contributed by atoms with Gasteiger partial charge in [0.2, 0.25) is 11.7 Å². The second-order valence-corrected chi connectivity index (χ2v) is 11.5. The van der Waals surface area contributed by atoms with E-state index < -0.39 is 52.0 Å². The molecule has 12 heteroatoms. The van der Waals surface area contributed by atoms with Crippen molar-refractivity contribution in [3.05, 3.63) is 45.4 Å². The van der Waals surface area contributed by atoms with Crippen molar-refractivity contribution in [3.63, 3.8) is 0 Å². The molecule has 4 atom stereocenters. The standard InChI is InChI=1S/C28H34N4O8/c1-12(33)30-16-4-5-32(11-16)10-14-8-18(34)21-17(23(14)31(2)3)7-13-6-15-9-19(35)22(27(29)39)26(38)28(15,40)25(37)20(13)24(21)36/h8,13,15-16,34-35,37,40H,4-7,9-11H2,1-3H3,(H2,29,39)(H,30,33)/t13?,15-,16+,28-/m0/s1. The number of primary amides is 1. The number of aliphatic hydroxyl groups is 3. The van der Waals surface area contributed by atoms with E-state index in [0.29, 0.717) is 18.7 Å². The molecule has 0 aromatic heterocycles. The number of nitrogens with two attached hydrogens (primary N) is 1. The maximum Gasteiger partial charge on any atom is 0.255 e. The molecule has 0 spiro atoms. The number of benzene rings is 1. The first-order valence-corrected chi connectivity index (χ1v) is 13.3. The number of rotatable bonds is 5. The summed E-state index contributed by atoms with van der Waals surface area (Å²) >= 11 is 0. The van der Waals surface area contributed by atoms with Crippen LogP contribution in [0.25, 0.3) is 0 Å². The molecule has 1 aromatic carbocycles. The summed E-state index contributed by atoms with van der Waals surface area (Å²) in [4.78, 5) is 54.3. The average molecular weight is 555 g/mol. The molecule has 7 N–H and O–H groups in total. The summed E-state index contributed by atoms with van der Waals surface area (Å²) in [6.45, 7) is 3.35. The third kappa shape index (κ3) is 4.13. The topological polar surface area (TPSA) is 194 Å². The molecule has 1 fully saturated rings. The maximum atomic E-state index is 13.8. The van der Waals surface area contributed by atoms with E-state index in [1.165, 1.54) is 13.0 Å². The van der Waals surface area contributed by atoms with Crippen LogP contribution < -0.4 is 16.0 Å². The van der Waals surface area contributed by atoms with E-state index >= 15 is 0 Å². The van der Waals surface area contributed by atoms with Gasteiger partial charge >= 0.3 is 0 Å². The number of aromatic hydroxyl groups is 1. The Labute approximate surface area is 230 Å². The SMILES string of the molecule is CC(=O)N[C@@H]1CCN(Cc2cc(O)c3c(c2N(C)C)CC2C[C@H]4CC(O)=C(C(N)=O)C(=O)[C@@]4(O)C(O)=C2C3=O)C1. The van der Waals surface area contributed by atoms with E-state index in [-0.39, 0.29) is 48.1 Å². The van der Waals surface area contributed by atoms with Crippen molar-refractivity contribution in [1.29, 1.82) is 0 Å². The molecule has 1 aliphatic heterocycles. The van der Waals surface area contributed by atoms with Crippen molar-refractivity contribution in [1.82, 2.24) is 10.2 Å².